The lowest BCUT2D eigenvalue weighted by Gasteiger charge is -2.43. The summed E-state index contributed by atoms with van der Waals surface area (Å²) in [7, 11) is 1.79. The molecule has 194 valence electrons. The van der Waals surface area contributed by atoms with Crippen molar-refractivity contribution in [2.24, 2.45) is 0 Å². The standard InChI is InChI=1S/C28H35ClN2O5/c1-30(19-22-7-3-2-4-8-22)27(33)18-28(21-35-24-12-10-23(29)11-13-24)20-31(14-16-36-28)26(32)17-25-9-5-6-15-34-25/h2-4,7-8,10-13,25H,5-6,9,14-21H2,1H3/t25-,28-/m0/s1. The van der Waals surface area contributed by atoms with Crippen molar-refractivity contribution in [2.75, 3.05) is 40.0 Å². The lowest BCUT2D eigenvalue weighted by Crippen LogP contribution is -2.58. The first-order chi connectivity index (χ1) is 17.4. The van der Waals surface area contributed by atoms with Crippen LogP contribution in [-0.2, 0) is 25.6 Å². The van der Waals surface area contributed by atoms with E-state index in [4.69, 9.17) is 25.8 Å². The van der Waals surface area contributed by atoms with Gasteiger partial charge in [0.1, 0.15) is 18.0 Å². The molecule has 0 N–H and O–H groups in total. The third-order valence-corrected chi connectivity index (χ3v) is 7.01. The van der Waals surface area contributed by atoms with Gasteiger partial charge >= 0.3 is 0 Å². The molecule has 2 atom stereocenters. The number of amides is 2. The van der Waals surface area contributed by atoms with E-state index in [1.54, 1.807) is 41.1 Å². The predicted molar refractivity (Wildman–Crippen MR) is 138 cm³/mol. The van der Waals surface area contributed by atoms with Crippen LogP contribution in [0.1, 0.15) is 37.7 Å². The molecule has 8 heteroatoms. The van der Waals surface area contributed by atoms with Crippen LogP contribution in [0.15, 0.2) is 54.6 Å². The Bertz CT molecular complexity index is 997. The van der Waals surface area contributed by atoms with Crippen molar-refractivity contribution >= 4 is 23.4 Å². The van der Waals surface area contributed by atoms with Gasteiger partial charge in [-0.3, -0.25) is 9.59 Å². The van der Waals surface area contributed by atoms with Crippen molar-refractivity contribution in [3.05, 3.63) is 65.2 Å². The molecular formula is C28H35ClN2O5. The van der Waals surface area contributed by atoms with Crippen LogP contribution in [0.4, 0.5) is 0 Å². The Morgan fingerprint density at radius 2 is 1.89 bits per heavy atom. The highest BCUT2D eigenvalue weighted by Gasteiger charge is 2.42. The molecule has 36 heavy (non-hydrogen) atoms. The van der Waals surface area contributed by atoms with E-state index in [0.29, 0.717) is 43.5 Å². The van der Waals surface area contributed by atoms with Crippen LogP contribution in [0, 0.1) is 0 Å². The molecule has 2 heterocycles. The Morgan fingerprint density at radius 1 is 1.11 bits per heavy atom. The monoisotopic (exact) mass is 514 g/mol. The van der Waals surface area contributed by atoms with Gasteiger partial charge in [0.2, 0.25) is 11.8 Å². The van der Waals surface area contributed by atoms with Gasteiger partial charge in [0.25, 0.3) is 0 Å². The third kappa shape index (κ3) is 7.45. The van der Waals surface area contributed by atoms with Crippen LogP contribution in [-0.4, -0.2) is 73.3 Å². The molecule has 0 spiro atoms. The summed E-state index contributed by atoms with van der Waals surface area (Å²) in [5, 5.41) is 0.616. The first-order valence-corrected chi connectivity index (χ1v) is 13.0. The molecule has 2 amide bonds. The van der Waals surface area contributed by atoms with E-state index < -0.39 is 5.60 Å². The van der Waals surface area contributed by atoms with Crippen LogP contribution in [0.25, 0.3) is 0 Å². The largest absolute Gasteiger partial charge is 0.490 e. The highest BCUT2D eigenvalue weighted by atomic mass is 35.5. The first kappa shape index (κ1) is 26.5. The SMILES string of the molecule is CN(Cc1ccccc1)C(=O)C[C@@]1(COc2ccc(Cl)cc2)CN(C(=O)C[C@@H]2CCCCO2)CCO1. The van der Waals surface area contributed by atoms with Crippen molar-refractivity contribution in [1.82, 2.24) is 9.80 Å². The Hall–Kier alpha value is -2.61. The van der Waals surface area contributed by atoms with E-state index in [9.17, 15) is 9.59 Å². The van der Waals surface area contributed by atoms with Gasteiger partial charge in [-0.2, -0.15) is 0 Å². The van der Waals surface area contributed by atoms with E-state index in [1.807, 2.05) is 30.3 Å². The molecule has 0 radical (unpaired) electrons. The van der Waals surface area contributed by atoms with E-state index in [-0.39, 0.29) is 37.5 Å². The molecule has 0 bridgehead atoms. The van der Waals surface area contributed by atoms with Gasteiger partial charge in [-0.05, 0) is 49.1 Å². The summed E-state index contributed by atoms with van der Waals surface area (Å²) < 4.78 is 18.1. The molecular weight excluding hydrogens is 480 g/mol. The third-order valence-electron chi connectivity index (χ3n) is 6.75. The number of ether oxygens (including phenoxy) is 3. The van der Waals surface area contributed by atoms with Crippen molar-refractivity contribution in [3.8, 4) is 5.75 Å². The zero-order chi connectivity index (χ0) is 25.4. The fourth-order valence-electron chi connectivity index (χ4n) is 4.70. The number of carbonyl (C=O) groups excluding carboxylic acids is 2. The number of benzene rings is 2. The smallest absolute Gasteiger partial charge is 0.225 e. The van der Waals surface area contributed by atoms with Crippen LogP contribution in [0.5, 0.6) is 5.75 Å². The maximum absolute atomic E-state index is 13.3. The first-order valence-electron chi connectivity index (χ1n) is 12.6. The van der Waals surface area contributed by atoms with Gasteiger partial charge in [-0.1, -0.05) is 41.9 Å². The number of rotatable bonds is 9. The summed E-state index contributed by atoms with van der Waals surface area (Å²) in [6, 6.07) is 16.9. The number of hydrogen-bond donors (Lipinski definition) is 0. The lowest BCUT2D eigenvalue weighted by atomic mass is 9.96. The van der Waals surface area contributed by atoms with E-state index >= 15 is 0 Å². The number of halogens is 1. The summed E-state index contributed by atoms with van der Waals surface area (Å²) >= 11 is 6.01. The summed E-state index contributed by atoms with van der Waals surface area (Å²) in [6.45, 7) is 2.47. The Kier molecular flexibility index (Phi) is 9.24. The van der Waals surface area contributed by atoms with E-state index in [2.05, 4.69) is 0 Å². The number of morpholine rings is 1. The average Bonchev–Trinajstić information content (AvgIpc) is 2.89. The Balaban J connectivity index is 1.45. The van der Waals surface area contributed by atoms with Gasteiger partial charge in [-0.25, -0.2) is 0 Å². The quantitative estimate of drug-likeness (QED) is 0.498. The van der Waals surface area contributed by atoms with Gasteiger partial charge in [0.15, 0.2) is 0 Å². The Labute approximate surface area is 218 Å². The second kappa shape index (κ2) is 12.6. The zero-order valence-electron chi connectivity index (χ0n) is 20.9. The summed E-state index contributed by atoms with van der Waals surface area (Å²) in [4.78, 5) is 30.0. The van der Waals surface area contributed by atoms with Crippen molar-refractivity contribution in [3.63, 3.8) is 0 Å². The predicted octanol–water partition coefficient (Wildman–Crippen LogP) is 4.32. The molecule has 0 aliphatic carbocycles. The molecule has 2 saturated heterocycles. The van der Waals surface area contributed by atoms with Gasteiger partial charge in [0, 0.05) is 31.8 Å². The van der Waals surface area contributed by atoms with Crippen molar-refractivity contribution in [2.45, 2.75) is 50.4 Å². The second-order valence-electron chi connectivity index (χ2n) is 9.69. The zero-order valence-corrected chi connectivity index (χ0v) is 21.6. The highest BCUT2D eigenvalue weighted by Crippen LogP contribution is 2.27. The normalized spacial score (nSPS) is 22.2. The molecule has 0 unspecified atom stereocenters. The second-order valence-corrected chi connectivity index (χ2v) is 10.1. The fourth-order valence-corrected chi connectivity index (χ4v) is 4.82. The maximum atomic E-state index is 13.3. The van der Waals surface area contributed by atoms with E-state index in [1.165, 1.54) is 0 Å². The van der Waals surface area contributed by atoms with Gasteiger partial charge < -0.3 is 24.0 Å². The Morgan fingerprint density at radius 3 is 2.61 bits per heavy atom. The van der Waals surface area contributed by atoms with Crippen LogP contribution >= 0.6 is 11.6 Å². The number of nitrogens with zero attached hydrogens (tertiary/aromatic N) is 2. The molecule has 2 aliphatic heterocycles. The number of carbonyl (C=O) groups is 2. The molecule has 0 saturated carbocycles. The molecule has 4 rings (SSSR count). The minimum Gasteiger partial charge on any atom is -0.490 e. The van der Waals surface area contributed by atoms with Crippen molar-refractivity contribution in [1.29, 1.82) is 0 Å². The topological polar surface area (TPSA) is 68.3 Å². The average molecular weight is 515 g/mol. The minimum atomic E-state index is -0.955. The number of hydrogen-bond acceptors (Lipinski definition) is 5. The maximum Gasteiger partial charge on any atom is 0.225 e. The van der Waals surface area contributed by atoms with Gasteiger partial charge in [0.05, 0.1) is 32.1 Å². The fraction of sp³-hybridized carbons (Fsp3) is 0.500. The molecule has 2 aromatic rings. The summed E-state index contributed by atoms with van der Waals surface area (Å²) in [6.07, 6.45) is 3.47. The molecule has 7 nitrogen and oxygen atoms in total. The highest BCUT2D eigenvalue weighted by molar-refractivity contribution is 6.30. The minimum absolute atomic E-state index is 0.0335. The summed E-state index contributed by atoms with van der Waals surface area (Å²) in [5.74, 6) is 0.598. The molecule has 0 aromatic heterocycles. The van der Waals surface area contributed by atoms with Crippen LogP contribution < -0.4 is 4.74 Å². The van der Waals surface area contributed by atoms with E-state index in [0.717, 1.165) is 24.8 Å². The molecule has 2 aromatic carbocycles. The van der Waals surface area contributed by atoms with Gasteiger partial charge in [-0.15, -0.1) is 0 Å². The van der Waals surface area contributed by atoms with Crippen LogP contribution in [0.3, 0.4) is 0 Å². The molecule has 2 fully saturated rings. The molecule has 2 aliphatic rings. The van der Waals surface area contributed by atoms with Crippen LogP contribution in [0.2, 0.25) is 5.02 Å². The summed E-state index contributed by atoms with van der Waals surface area (Å²) in [5.41, 5.74) is 0.0943. The van der Waals surface area contributed by atoms with Crippen molar-refractivity contribution < 1.29 is 23.8 Å². The lowest BCUT2D eigenvalue weighted by molar-refractivity contribution is -0.167.